The maximum atomic E-state index is 10.5. The maximum Gasteiger partial charge on any atom is 0.294 e. The summed E-state index contributed by atoms with van der Waals surface area (Å²) < 4.78 is 30.8. The van der Waals surface area contributed by atoms with Crippen LogP contribution >= 0.6 is 11.8 Å². The van der Waals surface area contributed by atoms with E-state index in [1.165, 1.54) is 73.4 Å². The fourth-order valence-corrected chi connectivity index (χ4v) is 4.03. The van der Waals surface area contributed by atoms with E-state index >= 15 is 0 Å². The van der Waals surface area contributed by atoms with Gasteiger partial charge in [-0.3, -0.25) is 4.55 Å². The van der Waals surface area contributed by atoms with Crippen LogP contribution in [0.4, 0.5) is 0 Å². The summed E-state index contributed by atoms with van der Waals surface area (Å²) in [6.45, 7) is 11.2. The van der Waals surface area contributed by atoms with E-state index in [0.717, 1.165) is 5.56 Å². The molecule has 0 aliphatic carbocycles. The van der Waals surface area contributed by atoms with Crippen LogP contribution in [0.15, 0.2) is 29.2 Å². The first kappa shape index (κ1) is 25.4. The number of quaternary nitrogens is 1. The van der Waals surface area contributed by atoms with Crippen LogP contribution in [0.3, 0.4) is 0 Å². The first-order valence-electron chi connectivity index (χ1n) is 9.64. The van der Waals surface area contributed by atoms with Gasteiger partial charge in [0, 0.05) is 0 Å². The second-order valence-corrected chi connectivity index (χ2v) is 9.49. The Morgan fingerprint density at radius 2 is 1.50 bits per heavy atom. The second kappa shape index (κ2) is 13.6. The van der Waals surface area contributed by atoms with E-state index in [0.29, 0.717) is 0 Å². The maximum absolute atomic E-state index is 10.5. The van der Waals surface area contributed by atoms with Gasteiger partial charge in [-0.25, -0.2) is 0 Å². The van der Waals surface area contributed by atoms with Crippen LogP contribution in [0, 0.1) is 6.92 Å². The van der Waals surface area contributed by atoms with Crippen LogP contribution in [0.1, 0.15) is 58.4 Å². The van der Waals surface area contributed by atoms with Crippen molar-refractivity contribution in [3.05, 3.63) is 29.8 Å². The molecule has 6 heteroatoms. The van der Waals surface area contributed by atoms with Crippen molar-refractivity contribution >= 4 is 21.9 Å². The molecule has 1 aromatic carbocycles. The van der Waals surface area contributed by atoms with Gasteiger partial charge in [0.1, 0.15) is 5.88 Å². The molecule has 26 heavy (non-hydrogen) atoms. The summed E-state index contributed by atoms with van der Waals surface area (Å²) in [6.07, 6.45) is 7.06. The van der Waals surface area contributed by atoms with Crippen LogP contribution in [-0.4, -0.2) is 49.2 Å². The van der Waals surface area contributed by atoms with Gasteiger partial charge in [0.05, 0.1) is 25.0 Å². The van der Waals surface area contributed by atoms with Gasteiger partial charge in [-0.2, -0.15) is 8.42 Å². The van der Waals surface area contributed by atoms with Crippen molar-refractivity contribution in [1.29, 1.82) is 0 Å². The molecular formula is C20H38NO3S2+. The van der Waals surface area contributed by atoms with Crippen LogP contribution in [-0.2, 0) is 10.1 Å². The average molecular weight is 405 g/mol. The summed E-state index contributed by atoms with van der Waals surface area (Å²) >= 11 is 2.14. The predicted octanol–water partition coefficient (Wildman–Crippen LogP) is 5.38. The minimum atomic E-state index is -4.02. The molecule has 0 unspecified atom stereocenters. The van der Waals surface area contributed by atoms with E-state index in [1.54, 1.807) is 12.1 Å². The molecule has 0 aliphatic heterocycles. The largest absolute Gasteiger partial charge is 0.318 e. The smallest absolute Gasteiger partial charge is 0.294 e. The molecule has 0 atom stereocenters. The minimum Gasteiger partial charge on any atom is -0.318 e. The van der Waals surface area contributed by atoms with Crippen LogP contribution in [0.25, 0.3) is 0 Å². The summed E-state index contributed by atoms with van der Waals surface area (Å²) in [5, 5.41) is 0. The molecule has 1 N–H and O–H groups in total. The third-order valence-electron chi connectivity index (χ3n) is 4.64. The van der Waals surface area contributed by atoms with Gasteiger partial charge in [-0.1, -0.05) is 50.3 Å². The highest BCUT2D eigenvalue weighted by Gasteiger charge is 2.15. The Balaban J connectivity index is 0.000000502. The Kier molecular flexibility index (Phi) is 13.3. The van der Waals surface area contributed by atoms with E-state index in [2.05, 4.69) is 39.6 Å². The van der Waals surface area contributed by atoms with Crippen LogP contribution in [0.2, 0.25) is 0 Å². The van der Waals surface area contributed by atoms with Crippen molar-refractivity contribution in [2.45, 2.75) is 64.7 Å². The summed E-state index contributed by atoms with van der Waals surface area (Å²) in [5.41, 5.74) is 0.956. The molecule has 1 aromatic rings. The quantitative estimate of drug-likeness (QED) is 0.233. The molecule has 0 spiro atoms. The number of benzene rings is 1. The van der Waals surface area contributed by atoms with Gasteiger partial charge in [-0.15, -0.1) is 11.8 Å². The van der Waals surface area contributed by atoms with Crippen molar-refractivity contribution < 1.29 is 17.5 Å². The third-order valence-corrected chi connectivity index (χ3v) is 6.89. The second-order valence-electron chi connectivity index (χ2n) is 6.99. The lowest BCUT2D eigenvalue weighted by atomic mass is 10.2. The zero-order chi connectivity index (χ0) is 20.1. The highest BCUT2D eigenvalue weighted by atomic mass is 32.2. The monoisotopic (exact) mass is 404 g/mol. The molecule has 0 fully saturated rings. The van der Waals surface area contributed by atoms with Crippen molar-refractivity contribution in [1.82, 2.24) is 0 Å². The molecular weight excluding hydrogens is 366 g/mol. The van der Waals surface area contributed by atoms with Crippen molar-refractivity contribution in [2.75, 3.05) is 31.8 Å². The van der Waals surface area contributed by atoms with Crippen molar-refractivity contribution in [2.24, 2.45) is 0 Å². The molecule has 0 bridgehead atoms. The zero-order valence-electron chi connectivity index (χ0n) is 17.2. The zero-order valence-corrected chi connectivity index (χ0v) is 18.8. The van der Waals surface area contributed by atoms with Gasteiger partial charge in [0.25, 0.3) is 10.1 Å². The van der Waals surface area contributed by atoms with Crippen molar-refractivity contribution in [3.63, 3.8) is 0 Å². The average Bonchev–Trinajstić information content (AvgIpc) is 2.61. The fraction of sp³-hybridized carbons (Fsp3) is 0.700. The van der Waals surface area contributed by atoms with Gasteiger partial charge in [0.2, 0.25) is 0 Å². The lowest BCUT2D eigenvalue weighted by Gasteiger charge is -2.31. The number of hydrogen-bond donors (Lipinski definition) is 1. The fourth-order valence-electron chi connectivity index (χ4n) is 2.21. The number of hydrogen-bond acceptors (Lipinski definition) is 3. The first-order chi connectivity index (χ1) is 12.2. The Bertz CT molecular complexity index is 567. The topological polar surface area (TPSA) is 54.4 Å². The Morgan fingerprint density at radius 1 is 0.962 bits per heavy atom. The van der Waals surface area contributed by atoms with Crippen molar-refractivity contribution in [3.8, 4) is 0 Å². The first-order valence-corrected chi connectivity index (χ1v) is 12.2. The van der Waals surface area contributed by atoms with E-state index in [4.69, 9.17) is 4.55 Å². The normalized spacial score (nSPS) is 11.8. The lowest BCUT2D eigenvalue weighted by Crippen LogP contribution is -2.43. The standard InChI is InChI=1S/C13H30NS.C7H8O3S/c1-5-8-9-10-11-12-15-13-14(4,6-2)7-3;1-6-2-4-7(5-3-6)11(8,9)10/h5-13H2,1-4H3;2-5H,1H3,(H,8,9,10)/q+1;. The number of rotatable bonds is 11. The summed E-state index contributed by atoms with van der Waals surface area (Å²) in [4.78, 5) is -0.0666. The van der Waals surface area contributed by atoms with E-state index in [9.17, 15) is 8.42 Å². The van der Waals surface area contributed by atoms with Gasteiger partial charge < -0.3 is 4.48 Å². The molecule has 0 amide bonds. The Labute approximate surface area is 165 Å². The van der Waals surface area contributed by atoms with E-state index < -0.39 is 10.1 Å². The molecule has 0 heterocycles. The van der Waals surface area contributed by atoms with E-state index in [1.807, 2.05) is 6.92 Å². The lowest BCUT2D eigenvalue weighted by molar-refractivity contribution is -0.893. The summed E-state index contributed by atoms with van der Waals surface area (Å²) in [7, 11) is -1.65. The molecule has 152 valence electrons. The van der Waals surface area contributed by atoms with Crippen LogP contribution < -0.4 is 0 Å². The van der Waals surface area contributed by atoms with Crippen LogP contribution in [0.5, 0.6) is 0 Å². The Morgan fingerprint density at radius 3 is 1.96 bits per heavy atom. The molecule has 1 rings (SSSR count). The molecule has 0 saturated carbocycles. The highest BCUT2D eigenvalue weighted by molar-refractivity contribution is 7.99. The molecule has 0 aliphatic rings. The minimum absolute atomic E-state index is 0.0666. The van der Waals surface area contributed by atoms with E-state index in [-0.39, 0.29) is 4.90 Å². The third kappa shape index (κ3) is 11.9. The number of thioether (sulfide) groups is 1. The number of aryl methyl sites for hydroxylation is 1. The molecule has 0 aromatic heterocycles. The summed E-state index contributed by atoms with van der Waals surface area (Å²) in [5.74, 6) is 2.65. The molecule has 0 radical (unpaired) electrons. The summed E-state index contributed by atoms with van der Waals surface area (Å²) in [6, 6.07) is 5.99. The van der Waals surface area contributed by atoms with Gasteiger partial charge in [-0.05, 0) is 45.1 Å². The van der Waals surface area contributed by atoms with Gasteiger partial charge in [0.15, 0.2) is 0 Å². The number of nitrogens with zero attached hydrogens (tertiary/aromatic N) is 1. The SMILES string of the molecule is CCCCCCCSC[N+](C)(CC)CC.Cc1ccc(S(=O)(=O)O)cc1. The predicted molar refractivity (Wildman–Crippen MR) is 114 cm³/mol. The number of unbranched alkanes of at least 4 members (excludes halogenated alkanes) is 4. The van der Waals surface area contributed by atoms with Gasteiger partial charge >= 0.3 is 0 Å². The highest BCUT2D eigenvalue weighted by Crippen LogP contribution is 2.14. The Hall–Kier alpha value is -0.560. The molecule has 0 saturated heterocycles. The molecule has 4 nitrogen and oxygen atoms in total.